The Bertz CT molecular complexity index is 650. The summed E-state index contributed by atoms with van der Waals surface area (Å²) < 4.78 is 6.81. The van der Waals surface area contributed by atoms with Crippen molar-refractivity contribution in [3.8, 4) is 5.75 Å². The topological polar surface area (TPSA) is 47.3 Å². The summed E-state index contributed by atoms with van der Waals surface area (Å²) in [6.07, 6.45) is -0.797. The highest BCUT2D eigenvalue weighted by atomic mass is 35.5. The molecule has 0 fully saturated rings. The number of rotatable bonds is 4. The predicted molar refractivity (Wildman–Crippen MR) is 84.1 cm³/mol. The van der Waals surface area contributed by atoms with E-state index in [0.717, 1.165) is 22.6 Å². The summed E-state index contributed by atoms with van der Waals surface area (Å²) in [5.74, 6) is 0.955. The van der Waals surface area contributed by atoms with Crippen molar-refractivity contribution >= 4 is 11.6 Å². The fraction of sp³-hybridized carbons (Fsp3) is 0.438. The van der Waals surface area contributed by atoms with Crippen LogP contribution < -0.4 is 4.74 Å². The lowest BCUT2D eigenvalue weighted by Gasteiger charge is -2.16. The van der Waals surface area contributed by atoms with Crippen LogP contribution in [0.2, 0.25) is 5.15 Å². The molecular formula is C16H21ClN2O2. The summed E-state index contributed by atoms with van der Waals surface area (Å²) in [4.78, 5) is 0. The number of methoxy groups -OCH3 is 1. The normalized spacial score (nSPS) is 12.8. The SMILES string of the molecule is COc1ccc(C(O)c2c(C(C)C)nn(C)c2Cl)c(C)c1. The highest BCUT2D eigenvalue weighted by Gasteiger charge is 2.25. The quantitative estimate of drug-likeness (QED) is 0.939. The molecule has 0 radical (unpaired) electrons. The number of ether oxygens (including phenoxy) is 1. The van der Waals surface area contributed by atoms with E-state index in [2.05, 4.69) is 5.10 Å². The van der Waals surface area contributed by atoms with E-state index in [9.17, 15) is 5.11 Å². The van der Waals surface area contributed by atoms with Gasteiger partial charge in [0.05, 0.1) is 12.8 Å². The maximum atomic E-state index is 10.8. The van der Waals surface area contributed by atoms with Crippen molar-refractivity contribution < 1.29 is 9.84 Å². The van der Waals surface area contributed by atoms with Gasteiger partial charge in [-0.25, -0.2) is 0 Å². The van der Waals surface area contributed by atoms with E-state index in [0.29, 0.717) is 10.7 Å². The highest BCUT2D eigenvalue weighted by Crippen LogP contribution is 2.36. The Morgan fingerprint density at radius 2 is 2.00 bits per heavy atom. The number of halogens is 1. The van der Waals surface area contributed by atoms with Gasteiger partial charge < -0.3 is 9.84 Å². The van der Waals surface area contributed by atoms with Crippen molar-refractivity contribution in [1.82, 2.24) is 9.78 Å². The van der Waals surface area contributed by atoms with E-state index in [1.807, 2.05) is 39.0 Å². The Balaban J connectivity index is 2.52. The largest absolute Gasteiger partial charge is 0.497 e. The molecule has 1 heterocycles. The van der Waals surface area contributed by atoms with Crippen LogP contribution in [0.4, 0.5) is 0 Å². The van der Waals surface area contributed by atoms with E-state index in [1.54, 1.807) is 18.8 Å². The van der Waals surface area contributed by atoms with E-state index in [4.69, 9.17) is 16.3 Å². The number of hydrogen-bond acceptors (Lipinski definition) is 3. The van der Waals surface area contributed by atoms with Gasteiger partial charge in [0, 0.05) is 12.6 Å². The van der Waals surface area contributed by atoms with Gasteiger partial charge in [-0.1, -0.05) is 31.5 Å². The van der Waals surface area contributed by atoms with Crippen molar-refractivity contribution in [2.24, 2.45) is 7.05 Å². The first-order chi connectivity index (χ1) is 9.86. The van der Waals surface area contributed by atoms with Gasteiger partial charge >= 0.3 is 0 Å². The molecule has 0 aliphatic rings. The molecule has 1 N–H and O–H groups in total. The van der Waals surface area contributed by atoms with Crippen molar-refractivity contribution in [3.05, 3.63) is 45.7 Å². The minimum atomic E-state index is -0.797. The molecule has 2 aromatic rings. The molecule has 0 saturated heterocycles. The van der Waals surface area contributed by atoms with E-state index in [1.165, 1.54) is 0 Å². The molecule has 1 aromatic carbocycles. The molecule has 0 amide bonds. The number of aromatic nitrogens is 2. The average molecular weight is 309 g/mol. The zero-order valence-corrected chi connectivity index (χ0v) is 13.8. The van der Waals surface area contributed by atoms with Crippen molar-refractivity contribution in [1.29, 1.82) is 0 Å². The molecule has 0 spiro atoms. The number of aryl methyl sites for hydroxylation is 2. The first-order valence-corrected chi connectivity index (χ1v) is 7.29. The minimum Gasteiger partial charge on any atom is -0.497 e. The smallest absolute Gasteiger partial charge is 0.133 e. The van der Waals surface area contributed by atoms with Crippen LogP contribution in [0.15, 0.2) is 18.2 Å². The predicted octanol–water partition coefficient (Wildman–Crippen LogP) is 3.60. The van der Waals surface area contributed by atoms with Crippen LogP contribution in [0.25, 0.3) is 0 Å². The van der Waals surface area contributed by atoms with Crippen LogP contribution in [0.5, 0.6) is 5.75 Å². The van der Waals surface area contributed by atoms with E-state index in [-0.39, 0.29) is 5.92 Å². The van der Waals surface area contributed by atoms with Gasteiger partial charge in [0.1, 0.15) is 17.0 Å². The van der Waals surface area contributed by atoms with E-state index < -0.39 is 6.10 Å². The minimum absolute atomic E-state index is 0.187. The molecule has 1 unspecified atom stereocenters. The summed E-state index contributed by atoms with van der Waals surface area (Å²) in [5.41, 5.74) is 3.27. The average Bonchev–Trinajstić information content (AvgIpc) is 2.74. The molecule has 0 aliphatic heterocycles. The standard InChI is InChI=1S/C16H21ClN2O2/c1-9(2)14-13(16(17)19(4)18-14)15(20)12-7-6-11(21-5)8-10(12)3/h6-9,15,20H,1-5H3. The van der Waals surface area contributed by atoms with Gasteiger partial charge in [0.15, 0.2) is 0 Å². The number of benzene rings is 1. The third-order valence-electron chi connectivity index (χ3n) is 3.63. The van der Waals surface area contributed by atoms with Crippen molar-refractivity contribution in [2.75, 3.05) is 7.11 Å². The lowest BCUT2D eigenvalue weighted by atomic mass is 9.94. The second-order valence-corrected chi connectivity index (χ2v) is 5.85. The van der Waals surface area contributed by atoms with Gasteiger partial charge in [-0.2, -0.15) is 5.10 Å². The second-order valence-electron chi connectivity index (χ2n) is 5.49. The van der Waals surface area contributed by atoms with Gasteiger partial charge in [-0.05, 0) is 36.1 Å². The lowest BCUT2D eigenvalue weighted by Crippen LogP contribution is -2.06. The monoisotopic (exact) mass is 308 g/mol. The maximum Gasteiger partial charge on any atom is 0.133 e. The molecule has 4 nitrogen and oxygen atoms in total. The lowest BCUT2D eigenvalue weighted by molar-refractivity contribution is 0.218. The Labute approximate surface area is 130 Å². The third-order valence-corrected chi connectivity index (χ3v) is 4.08. The Morgan fingerprint density at radius 3 is 2.52 bits per heavy atom. The van der Waals surface area contributed by atoms with Crippen molar-refractivity contribution in [3.63, 3.8) is 0 Å². The Morgan fingerprint density at radius 1 is 1.33 bits per heavy atom. The van der Waals surface area contributed by atoms with Crippen LogP contribution in [0.1, 0.15) is 48.3 Å². The second kappa shape index (κ2) is 6.08. The molecule has 0 saturated carbocycles. The number of aliphatic hydroxyl groups is 1. The van der Waals surface area contributed by atoms with Gasteiger partial charge in [-0.3, -0.25) is 4.68 Å². The van der Waals surface area contributed by atoms with Crippen LogP contribution in [-0.4, -0.2) is 22.0 Å². The number of hydrogen-bond donors (Lipinski definition) is 1. The summed E-state index contributed by atoms with van der Waals surface area (Å²) in [7, 11) is 3.41. The van der Waals surface area contributed by atoms with Crippen LogP contribution in [0.3, 0.4) is 0 Å². The molecular weight excluding hydrogens is 288 g/mol. The molecule has 0 bridgehead atoms. The van der Waals surface area contributed by atoms with Crippen molar-refractivity contribution in [2.45, 2.75) is 32.8 Å². The molecule has 114 valence electrons. The van der Waals surface area contributed by atoms with E-state index >= 15 is 0 Å². The van der Waals surface area contributed by atoms with Gasteiger partial charge in [-0.15, -0.1) is 0 Å². The Kier molecular flexibility index (Phi) is 4.59. The maximum absolute atomic E-state index is 10.8. The molecule has 5 heteroatoms. The first kappa shape index (κ1) is 15.9. The zero-order chi connectivity index (χ0) is 15.7. The zero-order valence-electron chi connectivity index (χ0n) is 13.0. The molecule has 1 aromatic heterocycles. The van der Waals surface area contributed by atoms with Crippen LogP contribution in [0, 0.1) is 6.92 Å². The first-order valence-electron chi connectivity index (χ1n) is 6.91. The number of nitrogens with zero attached hydrogens (tertiary/aromatic N) is 2. The Hall–Kier alpha value is -1.52. The van der Waals surface area contributed by atoms with Crippen LogP contribution in [-0.2, 0) is 7.05 Å². The number of aliphatic hydroxyl groups excluding tert-OH is 1. The highest BCUT2D eigenvalue weighted by molar-refractivity contribution is 6.30. The van der Waals surface area contributed by atoms with Gasteiger partial charge in [0.2, 0.25) is 0 Å². The fourth-order valence-electron chi connectivity index (χ4n) is 2.46. The summed E-state index contributed by atoms with van der Waals surface area (Å²) in [6.45, 7) is 6.02. The summed E-state index contributed by atoms with van der Waals surface area (Å²) in [5, 5.41) is 15.7. The third kappa shape index (κ3) is 2.92. The molecule has 0 aliphatic carbocycles. The van der Waals surface area contributed by atoms with Gasteiger partial charge in [0.25, 0.3) is 0 Å². The van der Waals surface area contributed by atoms with Crippen LogP contribution >= 0.6 is 11.6 Å². The summed E-state index contributed by atoms with van der Waals surface area (Å²) >= 11 is 6.33. The summed E-state index contributed by atoms with van der Waals surface area (Å²) in [6, 6.07) is 5.61. The molecule has 2 rings (SSSR count). The molecule has 21 heavy (non-hydrogen) atoms. The molecule has 1 atom stereocenters. The fourth-order valence-corrected chi connectivity index (χ4v) is 2.69.